The molecule has 0 fully saturated rings. The molecule has 0 radical (unpaired) electrons. The van der Waals surface area contributed by atoms with Gasteiger partial charge in [0.05, 0.1) is 16.7 Å². The van der Waals surface area contributed by atoms with Crippen LogP contribution in [0, 0.1) is 11.6 Å². The number of benzene rings is 4. The molecule has 4 aromatic carbocycles. The van der Waals surface area contributed by atoms with Gasteiger partial charge in [-0.2, -0.15) is 0 Å². The molecular formula is C26H18F2N2. The van der Waals surface area contributed by atoms with Gasteiger partial charge in [0.2, 0.25) is 0 Å². The Bertz CT molecular complexity index is 1330. The monoisotopic (exact) mass is 396 g/mol. The predicted molar refractivity (Wildman–Crippen MR) is 116 cm³/mol. The molecule has 0 aliphatic rings. The van der Waals surface area contributed by atoms with Crippen LogP contribution in [-0.2, 0) is 6.42 Å². The molecule has 0 bridgehead atoms. The van der Waals surface area contributed by atoms with Crippen molar-refractivity contribution >= 4 is 11.0 Å². The number of hydrogen-bond donors (Lipinski definition) is 0. The van der Waals surface area contributed by atoms with Crippen LogP contribution in [0.1, 0.15) is 11.4 Å². The van der Waals surface area contributed by atoms with Gasteiger partial charge < -0.3 is 0 Å². The molecule has 0 aliphatic heterocycles. The minimum Gasteiger partial charge on any atom is -0.293 e. The zero-order chi connectivity index (χ0) is 20.5. The second-order valence-electron chi connectivity index (χ2n) is 7.19. The van der Waals surface area contributed by atoms with Gasteiger partial charge in [-0.15, -0.1) is 0 Å². The summed E-state index contributed by atoms with van der Waals surface area (Å²) in [5.41, 5.74) is 4.99. The summed E-state index contributed by atoms with van der Waals surface area (Å²) in [5.74, 6) is -0.518. The van der Waals surface area contributed by atoms with E-state index in [4.69, 9.17) is 4.98 Å². The Balaban J connectivity index is 1.74. The lowest BCUT2D eigenvalue weighted by Gasteiger charge is -2.11. The molecule has 0 amide bonds. The standard InChI is InChI=1S/C26H18F2N2/c27-21-12-14-24(22(28)17-21)30-25-16-20(19-9-5-2-6-10-19)11-13-23(25)29-26(30)15-18-7-3-1-4-8-18/h1-14,16-17H,15H2. The van der Waals surface area contributed by atoms with Crippen molar-refractivity contribution < 1.29 is 8.78 Å². The molecular weight excluding hydrogens is 378 g/mol. The van der Waals surface area contributed by atoms with E-state index in [9.17, 15) is 8.78 Å². The predicted octanol–water partition coefficient (Wildman–Crippen LogP) is 6.56. The molecule has 0 saturated heterocycles. The van der Waals surface area contributed by atoms with Crippen molar-refractivity contribution in [1.29, 1.82) is 0 Å². The fourth-order valence-corrected chi connectivity index (χ4v) is 3.76. The van der Waals surface area contributed by atoms with Crippen molar-refractivity contribution in [2.45, 2.75) is 6.42 Å². The number of imidazole rings is 1. The molecule has 0 N–H and O–H groups in total. The summed E-state index contributed by atoms with van der Waals surface area (Å²) in [4.78, 5) is 4.79. The summed E-state index contributed by atoms with van der Waals surface area (Å²) in [5, 5.41) is 0. The molecule has 5 rings (SSSR count). The van der Waals surface area contributed by atoms with Crippen molar-refractivity contribution in [2.24, 2.45) is 0 Å². The van der Waals surface area contributed by atoms with E-state index in [1.165, 1.54) is 12.1 Å². The van der Waals surface area contributed by atoms with Gasteiger partial charge in [-0.25, -0.2) is 13.8 Å². The SMILES string of the molecule is Fc1ccc(-n2c(Cc3ccccc3)nc3ccc(-c4ccccc4)cc32)c(F)c1. The molecule has 30 heavy (non-hydrogen) atoms. The van der Waals surface area contributed by atoms with E-state index < -0.39 is 11.6 Å². The smallest absolute Gasteiger partial charge is 0.150 e. The molecule has 0 saturated carbocycles. The zero-order valence-corrected chi connectivity index (χ0v) is 16.1. The largest absolute Gasteiger partial charge is 0.293 e. The molecule has 1 heterocycles. The summed E-state index contributed by atoms with van der Waals surface area (Å²) in [6, 6.07) is 29.5. The number of hydrogen-bond acceptors (Lipinski definition) is 1. The Hall–Kier alpha value is -3.79. The van der Waals surface area contributed by atoms with Crippen LogP contribution in [0.4, 0.5) is 8.78 Å². The van der Waals surface area contributed by atoms with Gasteiger partial charge in [0, 0.05) is 12.5 Å². The van der Waals surface area contributed by atoms with Crippen molar-refractivity contribution in [3.8, 4) is 16.8 Å². The van der Waals surface area contributed by atoms with Gasteiger partial charge in [-0.05, 0) is 41.0 Å². The summed E-state index contributed by atoms with van der Waals surface area (Å²) in [7, 11) is 0. The van der Waals surface area contributed by atoms with Gasteiger partial charge in [0.25, 0.3) is 0 Å². The molecule has 1 aromatic heterocycles. The summed E-state index contributed by atoms with van der Waals surface area (Å²) in [6.45, 7) is 0. The lowest BCUT2D eigenvalue weighted by Crippen LogP contribution is -2.05. The normalized spacial score (nSPS) is 11.1. The number of aromatic nitrogens is 2. The van der Waals surface area contributed by atoms with Gasteiger partial charge >= 0.3 is 0 Å². The van der Waals surface area contributed by atoms with E-state index in [0.29, 0.717) is 12.2 Å². The molecule has 5 aromatic rings. The first-order chi connectivity index (χ1) is 14.7. The van der Waals surface area contributed by atoms with Crippen LogP contribution in [0.15, 0.2) is 97.1 Å². The van der Waals surface area contributed by atoms with Gasteiger partial charge in [0.1, 0.15) is 17.5 Å². The minimum atomic E-state index is -0.617. The molecule has 0 spiro atoms. The highest BCUT2D eigenvalue weighted by molar-refractivity contribution is 5.84. The highest BCUT2D eigenvalue weighted by Gasteiger charge is 2.17. The van der Waals surface area contributed by atoms with E-state index >= 15 is 0 Å². The second kappa shape index (κ2) is 7.56. The first-order valence-electron chi connectivity index (χ1n) is 9.75. The quantitative estimate of drug-likeness (QED) is 0.336. The van der Waals surface area contributed by atoms with Crippen molar-refractivity contribution in [1.82, 2.24) is 9.55 Å². The Morgan fingerprint density at radius 3 is 2.17 bits per heavy atom. The molecule has 0 atom stereocenters. The summed E-state index contributed by atoms with van der Waals surface area (Å²) < 4.78 is 30.2. The Kier molecular flexibility index (Phi) is 4.60. The van der Waals surface area contributed by atoms with Crippen LogP contribution in [0.2, 0.25) is 0 Å². The highest BCUT2D eigenvalue weighted by atomic mass is 19.1. The van der Waals surface area contributed by atoms with Crippen LogP contribution in [-0.4, -0.2) is 9.55 Å². The molecule has 2 nitrogen and oxygen atoms in total. The van der Waals surface area contributed by atoms with Gasteiger partial charge in [-0.1, -0.05) is 66.7 Å². The fraction of sp³-hybridized carbons (Fsp3) is 0.0385. The third-order valence-electron chi connectivity index (χ3n) is 5.19. The minimum absolute atomic E-state index is 0.287. The van der Waals surface area contributed by atoms with Crippen LogP contribution >= 0.6 is 0 Å². The van der Waals surface area contributed by atoms with Crippen molar-refractivity contribution in [2.75, 3.05) is 0 Å². The van der Waals surface area contributed by atoms with E-state index in [1.807, 2.05) is 78.9 Å². The fourth-order valence-electron chi connectivity index (χ4n) is 3.76. The topological polar surface area (TPSA) is 17.8 Å². The molecule has 0 aliphatic carbocycles. The Morgan fingerprint density at radius 2 is 1.43 bits per heavy atom. The maximum absolute atomic E-state index is 14.8. The van der Waals surface area contributed by atoms with E-state index in [1.54, 1.807) is 4.57 Å². The second-order valence-corrected chi connectivity index (χ2v) is 7.19. The zero-order valence-electron chi connectivity index (χ0n) is 16.1. The number of halogens is 2. The number of nitrogens with zero attached hydrogens (tertiary/aromatic N) is 2. The Labute approximate surface area is 173 Å². The van der Waals surface area contributed by atoms with Gasteiger partial charge in [0.15, 0.2) is 0 Å². The Morgan fingerprint density at radius 1 is 0.700 bits per heavy atom. The summed E-state index contributed by atoms with van der Waals surface area (Å²) >= 11 is 0. The van der Waals surface area contributed by atoms with Crippen LogP contribution in [0.3, 0.4) is 0 Å². The van der Waals surface area contributed by atoms with Crippen molar-refractivity contribution in [3.63, 3.8) is 0 Å². The van der Waals surface area contributed by atoms with Crippen LogP contribution in [0.25, 0.3) is 27.8 Å². The van der Waals surface area contributed by atoms with Crippen molar-refractivity contribution in [3.05, 3.63) is 120 Å². The highest BCUT2D eigenvalue weighted by Crippen LogP contribution is 2.29. The average molecular weight is 396 g/mol. The molecule has 0 unspecified atom stereocenters. The van der Waals surface area contributed by atoms with Crippen LogP contribution in [0.5, 0.6) is 0 Å². The van der Waals surface area contributed by atoms with E-state index in [0.717, 1.165) is 33.8 Å². The number of fused-ring (bicyclic) bond motifs is 1. The van der Waals surface area contributed by atoms with E-state index in [2.05, 4.69) is 0 Å². The lowest BCUT2D eigenvalue weighted by molar-refractivity contribution is 0.577. The summed E-state index contributed by atoms with van der Waals surface area (Å²) in [6.07, 6.45) is 0.535. The van der Waals surface area contributed by atoms with E-state index in [-0.39, 0.29) is 5.69 Å². The van der Waals surface area contributed by atoms with Crippen LogP contribution < -0.4 is 0 Å². The molecule has 4 heteroatoms. The maximum Gasteiger partial charge on any atom is 0.150 e. The number of rotatable bonds is 4. The average Bonchev–Trinajstić information content (AvgIpc) is 3.12. The third kappa shape index (κ3) is 3.37. The third-order valence-corrected chi connectivity index (χ3v) is 5.19. The first-order valence-corrected chi connectivity index (χ1v) is 9.75. The maximum atomic E-state index is 14.8. The first kappa shape index (κ1) is 18.3. The van der Waals surface area contributed by atoms with Gasteiger partial charge in [-0.3, -0.25) is 4.57 Å². The molecule has 146 valence electrons. The lowest BCUT2D eigenvalue weighted by atomic mass is 10.1.